The second kappa shape index (κ2) is 6.86. The highest BCUT2D eigenvalue weighted by molar-refractivity contribution is 6.30. The third-order valence-corrected chi connectivity index (χ3v) is 2.49. The van der Waals surface area contributed by atoms with Gasteiger partial charge >= 0.3 is 12.0 Å². The molecule has 0 heterocycles. The highest BCUT2D eigenvalue weighted by atomic mass is 35.5. The van der Waals surface area contributed by atoms with Gasteiger partial charge in [-0.05, 0) is 31.5 Å². The second-order valence-electron chi connectivity index (χ2n) is 3.94. The molecule has 0 aromatic heterocycles. The summed E-state index contributed by atoms with van der Waals surface area (Å²) in [5.74, 6) is -0.876. The number of carbonyl (C=O) groups is 2. The average molecular weight is 271 g/mol. The number of rotatable bonds is 5. The second-order valence-corrected chi connectivity index (χ2v) is 4.38. The molecule has 0 aliphatic rings. The molecule has 98 valence electrons. The van der Waals surface area contributed by atoms with Gasteiger partial charge in [-0.25, -0.2) is 4.79 Å². The number of hydrogen-bond acceptors (Lipinski definition) is 2. The van der Waals surface area contributed by atoms with Crippen molar-refractivity contribution < 1.29 is 14.7 Å². The van der Waals surface area contributed by atoms with Crippen LogP contribution in [0, 0.1) is 0 Å². The lowest BCUT2D eigenvalue weighted by atomic mass is 10.2. The molecule has 0 aliphatic carbocycles. The smallest absolute Gasteiger partial charge is 0.319 e. The van der Waals surface area contributed by atoms with E-state index in [4.69, 9.17) is 16.7 Å². The molecular formula is C12H15ClN2O3. The van der Waals surface area contributed by atoms with Crippen molar-refractivity contribution in [1.29, 1.82) is 0 Å². The van der Waals surface area contributed by atoms with Crippen molar-refractivity contribution >= 4 is 29.3 Å². The molecule has 1 unspecified atom stereocenters. The largest absolute Gasteiger partial charge is 0.481 e. The molecule has 1 rings (SSSR count). The van der Waals surface area contributed by atoms with Crippen molar-refractivity contribution in [3.63, 3.8) is 0 Å². The van der Waals surface area contributed by atoms with Crippen molar-refractivity contribution in [3.05, 3.63) is 29.3 Å². The van der Waals surface area contributed by atoms with Gasteiger partial charge in [0.2, 0.25) is 0 Å². The minimum absolute atomic E-state index is 0.0264. The van der Waals surface area contributed by atoms with Crippen LogP contribution < -0.4 is 10.6 Å². The molecule has 18 heavy (non-hydrogen) atoms. The van der Waals surface area contributed by atoms with Crippen LogP contribution in [0.15, 0.2) is 24.3 Å². The number of halogens is 1. The zero-order valence-electron chi connectivity index (χ0n) is 9.94. The Morgan fingerprint density at radius 3 is 2.78 bits per heavy atom. The first kappa shape index (κ1) is 14.3. The molecule has 0 spiro atoms. The van der Waals surface area contributed by atoms with Crippen molar-refractivity contribution in [2.24, 2.45) is 0 Å². The molecule has 1 aromatic rings. The maximum absolute atomic E-state index is 11.6. The van der Waals surface area contributed by atoms with Gasteiger partial charge < -0.3 is 15.7 Å². The molecular weight excluding hydrogens is 256 g/mol. The van der Waals surface area contributed by atoms with E-state index in [1.807, 2.05) is 0 Å². The maximum atomic E-state index is 11.6. The summed E-state index contributed by atoms with van der Waals surface area (Å²) in [6.07, 6.45) is 0.414. The fraction of sp³-hybridized carbons (Fsp3) is 0.333. The van der Waals surface area contributed by atoms with Gasteiger partial charge in [0.25, 0.3) is 0 Å². The number of carbonyl (C=O) groups excluding carboxylic acids is 1. The van der Waals surface area contributed by atoms with E-state index in [-0.39, 0.29) is 18.5 Å². The minimum atomic E-state index is -0.876. The minimum Gasteiger partial charge on any atom is -0.481 e. The molecule has 5 nitrogen and oxygen atoms in total. The fourth-order valence-corrected chi connectivity index (χ4v) is 1.56. The summed E-state index contributed by atoms with van der Waals surface area (Å²) < 4.78 is 0. The lowest BCUT2D eigenvalue weighted by Gasteiger charge is -2.13. The molecule has 3 N–H and O–H groups in total. The summed E-state index contributed by atoms with van der Waals surface area (Å²) in [6, 6.07) is 6.19. The molecule has 0 saturated heterocycles. The van der Waals surface area contributed by atoms with Gasteiger partial charge in [-0.1, -0.05) is 17.7 Å². The van der Waals surface area contributed by atoms with Crippen LogP contribution >= 0.6 is 11.6 Å². The Hall–Kier alpha value is -1.75. The van der Waals surface area contributed by atoms with E-state index in [0.29, 0.717) is 17.1 Å². The molecule has 0 aliphatic heterocycles. The first-order chi connectivity index (χ1) is 8.47. The predicted molar refractivity (Wildman–Crippen MR) is 69.9 cm³/mol. The SMILES string of the molecule is CC(CCC(=O)O)NC(=O)Nc1cccc(Cl)c1. The van der Waals surface area contributed by atoms with E-state index in [1.165, 1.54) is 0 Å². The summed E-state index contributed by atoms with van der Waals surface area (Å²) in [4.78, 5) is 21.9. The number of amides is 2. The van der Waals surface area contributed by atoms with Crippen molar-refractivity contribution in [2.45, 2.75) is 25.8 Å². The summed E-state index contributed by atoms with van der Waals surface area (Å²) in [6.45, 7) is 1.75. The molecule has 1 aromatic carbocycles. The van der Waals surface area contributed by atoms with E-state index < -0.39 is 5.97 Å². The first-order valence-corrected chi connectivity index (χ1v) is 5.90. The number of anilines is 1. The Morgan fingerprint density at radius 1 is 1.44 bits per heavy atom. The van der Waals surface area contributed by atoms with Crippen molar-refractivity contribution in [1.82, 2.24) is 5.32 Å². The highest BCUT2D eigenvalue weighted by Crippen LogP contribution is 2.14. The van der Waals surface area contributed by atoms with E-state index in [9.17, 15) is 9.59 Å². The molecule has 0 fully saturated rings. The van der Waals surface area contributed by atoms with Crippen LogP contribution in [0.3, 0.4) is 0 Å². The van der Waals surface area contributed by atoms with Gasteiger partial charge in [0.05, 0.1) is 0 Å². The van der Waals surface area contributed by atoms with E-state index >= 15 is 0 Å². The van der Waals surface area contributed by atoms with Gasteiger partial charge in [0.1, 0.15) is 0 Å². The van der Waals surface area contributed by atoms with Crippen molar-refractivity contribution in [3.8, 4) is 0 Å². The quantitative estimate of drug-likeness (QED) is 0.770. The standard InChI is InChI=1S/C12H15ClN2O3/c1-8(5-6-11(16)17)14-12(18)15-10-4-2-3-9(13)7-10/h2-4,7-8H,5-6H2,1H3,(H,16,17)(H2,14,15,18). The van der Waals surface area contributed by atoms with Crippen LogP contribution in [0.4, 0.5) is 10.5 Å². The number of benzene rings is 1. The summed E-state index contributed by atoms with van der Waals surface area (Å²) >= 11 is 5.78. The Labute approximate surface area is 110 Å². The van der Waals surface area contributed by atoms with E-state index in [2.05, 4.69) is 10.6 Å². The Morgan fingerprint density at radius 2 is 2.17 bits per heavy atom. The maximum Gasteiger partial charge on any atom is 0.319 e. The molecule has 1 atom stereocenters. The zero-order valence-corrected chi connectivity index (χ0v) is 10.7. The Bertz CT molecular complexity index is 437. The lowest BCUT2D eigenvalue weighted by Crippen LogP contribution is -2.36. The van der Waals surface area contributed by atoms with E-state index in [1.54, 1.807) is 31.2 Å². The lowest BCUT2D eigenvalue weighted by molar-refractivity contribution is -0.137. The summed E-state index contributed by atoms with van der Waals surface area (Å²) in [5.41, 5.74) is 0.588. The monoisotopic (exact) mass is 270 g/mol. The van der Waals surface area contributed by atoms with Crippen LogP contribution in [-0.2, 0) is 4.79 Å². The molecule has 0 saturated carbocycles. The summed E-state index contributed by atoms with van der Waals surface area (Å²) in [7, 11) is 0. The van der Waals surface area contributed by atoms with E-state index in [0.717, 1.165) is 0 Å². The van der Waals surface area contributed by atoms with Gasteiger partial charge in [-0.2, -0.15) is 0 Å². The van der Waals surface area contributed by atoms with Gasteiger partial charge in [0, 0.05) is 23.2 Å². The predicted octanol–water partition coefficient (Wildman–Crippen LogP) is 2.71. The number of nitrogens with one attached hydrogen (secondary N) is 2. The number of carboxylic acids is 1. The normalized spacial score (nSPS) is 11.7. The van der Waals surface area contributed by atoms with Crippen LogP contribution in [-0.4, -0.2) is 23.1 Å². The van der Waals surface area contributed by atoms with Crippen LogP contribution in [0.1, 0.15) is 19.8 Å². The summed E-state index contributed by atoms with van der Waals surface area (Å²) in [5, 5.41) is 14.3. The Balaban J connectivity index is 2.39. The number of aliphatic carboxylic acids is 1. The fourth-order valence-electron chi connectivity index (χ4n) is 1.37. The number of hydrogen-bond donors (Lipinski definition) is 3. The van der Waals surface area contributed by atoms with Crippen molar-refractivity contribution in [2.75, 3.05) is 5.32 Å². The average Bonchev–Trinajstić information content (AvgIpc) is 2.26. The Kier molecular flexibility index (Phi) is 5.45. The molecule has 0 bridgehead atoms. The zero-order chi connectivity index (χ0) is 13.5. The number of carboxylic acid groups (broad SMARTS) is 1. The number of urea groups is 1. The van der Waals surface area contributed by atoms with Crippen LogP contribution in [0.2, 0.25) is 5.02 Å². The third-order valence-electron chi connectivity index (χ3n) is 2.25. The first-order valence-electron chi connectivity index (χ1n) is 5.52. The third kappa shape index (κ3) is 5.54. The van der Waals surface area contributed by atoms with Gasteiger partial charge in [0.15, 0.2) is 0 Å². The molecule has 2 amide bonds. The van der Waals surface area contributed by atoms with Crippen LogP contribution in [0.25, 0.3) is 0 Å². The molecule has 6 heteroatoms. The van der Waals surface area contributed by atoms with Gasteiger partial charge in [-0.15, -0.1) is 0 Å². The highest BCUT2D eigenvalue weighted by Gasteiger charge is 2.09. The molecule has 0 radical (unpaired) electrons. The topological polar surface area (TPSA) is 78.4 Å². The van der Waals surface area contributed by atoms with Gasteiger partial charge in [-0.3, -0.25) is 4.79 Å². The van der Waals surface area contributed by atoms with Crippen LogP contribution in [0.5, 0.6) is 0 Å².